The molecule has 1 unspecified atom stereocenters. The second-order valence-electron chi connectivity index (χ2n) is 5.15. The van der Waals surface area contributed by atoms with E-state index >= 15 is 0 Å². The Labute approximate surface area is 102 Å². The van der Waals surface area contributed by atoms with Gasteiger partial charge in [0, 0.05) is 25.2 Å². The zero-order valence-corrected chi connectivity index (χ0v) is 10.5. The Morgan fingerprint density at radius 3 is 3.00 bits per heavy atom. The molecule has 16 heavy (non-hydrogen) atoms. The number of rotatable bonds is 4. The molecule has 0 amide bonds. The summed E-state index contributed by atoms with van der Waals surface area (Å²) in [5.41, 5.74) is 1.48. The van der Waals surface area contributed by atoms with Crippen LogP contribution in [0.4, 0.5) is 0 Å². The first-order valence-electron chi connectivity index (χ1n) is 6.39. The van der Waals surface area contributed by atoms with Crippen molar-refractivity contribution in [2.45, 2.75) is 44.3 Å². The van der Waals surface area contributed by atoms with Gasteiger partial charge >= 0.3 is 0 Å². The highest BCUT2D eigenvalue weighted by Crippen LogP contribution is 2.22. The Hall–Kier alpha value is -0.380. The fourth-order valence-electron chi connectivity index (χ4n) is 2.56. The molecule has 1 saturated heterocycles. The quantitative estimate of drug-likeness (QED) is 0.864. The minimum absolute atomic E-state index is 0.750. The molecule has 1 saturated carbocycles. The Balaban J connectivity index is 1.51. The molecule has 1 N–H and O–H groups in total. The third-order valence-corrected chi connectivity index (χ3v) is 4.27. The molecule has 3 heteroatoms. The molecule has 1 aromatic rings. The van der Waals surface area contributed by atoms with Gasteiger partial charge in [-0.05, 0) is 54.6 Å². The first-order valence-corrected chi connectivity index (χ1v) is 7.34. The van der Waals surface area contributed by atoms with E-state index in [0.29, 0.717) is 0 Å². The maximum atomic E-state index is 3.76. The smallest absolute Gasteiger partial charge is 0.0242 e. The van der Waals surface area contributed by atoms with E-state index in [9.17, 15) is 0 Å². The highest BCUT2D eigenvalue weighted by molar-refractivity contribution is 7.07. The van der Waals surface area contributed by atoms with Crippen LogP contribution in [0.15, 0.2) is 16.8 Å². The molecule has 1 aliphatic carbocycles. The summed E-state index contributed by atoms with van der Waals surface area (Å²) in [6, 6.07) is 3.86. The first kappa shape index (κ1) is 10.8. The van der Waals surface area contributed by atoms with Gasteiger partial charge in [-0.2, -0.15) is 11.3 Å². The Kier molecular flexibility index (Phi) is 3.27. The Bertz CT molecular complexity index is 319. The van der Waals surface area contributed by atoms with Gasteiger partial charge in [-0.15, -0.1) is 0 Å². The molecule has 1 atom stereocenters. The molecule has 1 aromatic heterocycles. The topological polar surface area (TPSA) is 15.3 Å². The van der Waals surface area contributed by atoms with Gasteiger partial charge in [0.2, 0.25) is 0 Å². The SMILES string of the molecule is c1cc(CN2CCCC(NC3CC3)C2)cs1. The number of hydrogen-bond acceptors (Lipinski definition) is 3. The van der Waals surface area contributed by atoms with Crippen molar-refractivity contribution in [2.24, 2.45) is 0 Å². The van der Waals surface area contributed by atoms with E-state index in [0.717, 1.165) is 18.6 Å². The standard InChI is InChI=1S/C13H20N2S/c1-2-13(14-12-3-4-12)9-15(6-1)8-11-5-7-16-10-11/h5,7,10,12-14H,1-4,6,8-9H2. The number of nitrogens with zero attached hydrogens (tertiary/aromatic N) is 1. The molecule has 2 nitrogen and oxygen atoms in total. The van der Waals surface area contributed by atoms with Crippen LogP contribution in [0.5, 0.6) is 0 Å². The number of hydrogen-bond donors (Lipinski definition) is 1. The predicted molar refractivity (Wildman–Crippen MR) is 68.8 cm³/mol. The zero-order chi connectivity index (χ0) is 10.8. The van der Waals surface area contributed by atoms with Crippen LogP contribution < -0.4 is 5.32 Å². The molecule has 2 aliphatic rings. The minimum atomic E-state index is 0.750. The highest BCUT2D eigenvalue weighted by Gasteiger charge is 2.27. The molecule has 2 heterocycles. The van der Waals surface area contributed by atoms with Crippen molar-refractivity contribution in [3.63, 3.8) is 0 Å². The molecule has 0 aromatic carbocycles. The summed E-state index contributed by atoms with van der Waals surface area (Å²) in [6.45, 7) is 3.66. The summed E-state index contributed by atoms with van der Waals surface area (Å²) in [7, 11) is 0. The van der Waals surface area contributed by atoms with Crippen LogP contribution in [0, 0.1) is 0 Å². The Morgan fingerprint density at radius 1 is 1.31 bits per heavy atom. The van der Waals surface area contributed by atoms with E-state index in [1.165, 1.54) is 44.3 Å². The molecule has 2 fully saturated rings. The summed E-state index contributed by atoms with van der Waals surface area (Å²) in [4.78, 5) is 2.60. The predicted octanol–water partition coefficient (Wildman–Crippen LogP) is 2.46. The third-order valence-electron chi connectivity index (χ3n) is 3.54. The number of thiophene rings is 1. The van der Waals surface area contributed by atoms with Crippen molar-refractivity contribution < 1.29 is 0 Å². The molecule has 0 radical (unpaired) electrons. The largest absolute Gasteiger partial charge is 0.310 e. The zero-order valence-electron chi connectivity index (χ0n) is 9.69. The Morgan fingerprint density at radius 2 is 2.25 bits per heavy atom. The highest BCUT2D eigenvalue weighted by atomic mass is 32.1. The van der Waals surface area contributed by atoms with Crippen LogP contribution in [0.2, 0.25) is 0 Å². The van der Waals surface area contributed by atoms with Gasteiger partial charge in [-0.1, -0.05) is 0 Å². The van der Waals surface area contributed by atoms with E-state index in [2.05, 4.69) is 27.0 Å². The van der Waals surface area contributed by atoms with Crippen LogP contribution in [0.3, 0.4) is 0 Å². The van der Waals surface area contributed by atoms with Crippen molar-refractivity contribution in [2.75, 3.05) is 13.1 Å². The summed E-state index contributed by atoms with van der Waals surface area (Å²) in [5, 5.41) is 8.22. The van der Waals surface area contributed by atoms with Gasteiger partial charge in [-0.25, -0.2) is 0 Å². The lowest BCUT2D eigenvalue weighted by Gasteiger charge is -2.33. The fourth-order valence-corrected chi connectivity index (χ4v) is 3.22. The van der Waals surface area contributed by atoms with Crippen molar-refractivity contribution in [1.29, 1.82) is 0 Å². The summed E-state index contributed by atoms with van der Waals surface area (Å²) in [5.74, 6) is 0. The summed E-state index contributed by atoms with van der Waals surface area (Å²) >= 11 is 1.81. The van der Waals surface area contributed by atoms with Crippen LogP contribution >= 0.6 is 11.3 Å². The first-order chi connectivity index (χ1) is 7.90. The molecule has 1 aliphatic heterocycles. The van der Waals surface area contributed by atoms with E-state index in [1.807, 2.05) is 11.3 Å². The number of piperidine rings is 1. The second-order valence-corrected chi connectivity index (χ2v) is 5.93. The molecule has 0 bridgehead atoms. The fraction of sp³-hybridized carbons (Fsp3) is 0.692. The van der Waals surface area contributed by atoms with E-state index in [4.69, 9.17) is 0 Å². The number of likely N-dealkylation sites (tertiary alicyclic amines) is 1. The minimum Gasteiger partial charge on any atom is -0.310 e. The molecular weight excluding hydrogens is 216 g/mol. The van der Waals surface area contributed by atoms with Crippen LogP contribution in [-0.2, 0) is 6.54 Å². The van der Waals surface area contributed by atoms with Crippen LogP contribution in [0.1, 0.15) is 31.2 Å². The van der Waals surface area contributed by atoms with Crippen LogP contribution in [-0.4, -0.2) is 30.1 Å². The van der Waals surface area contributed by atoms with Gasteiger partial charge in [-0.3, -0.25) is 4.90 Å². The lowest BCUT2D eigenvalue weighted by molar-refractivity contribution is 0.183. The lowest BCUT2D eigenvalue weighted by atomic mass is 10.1. The molecular formula is C13H20N2S. The second kappa shape index (κ2) is 4.86. The molecule has 0 spiro atoms. The number of nitrogens with one attached hydrogen (secondary N) is 1. The average Bonchev–Trinajstić information content (AvgIpc) is 2.94. The van der Waals surface area contributed by atoms with Gasteiger partial charge < -0.3 is 5.32 Å². The molecule has 88 valence electrons. The van der Waals surface area contributed by atoms with Crippen LogP contribution in [0.25, 0.3) is 0 Å². The normalized spacial score (nSPS) is 27.1. The maximum Gasteiger partial charge on any atom is 0.0242 e. The average molecular weight is 236 g/mol. The van der Waals surface area contributed by atoms with Crippen molar-refractivity contribution in [3.05, 3.63) is 22.4 Å². The van der Waals surface area contributed by atoms with Gasteiger partial charge in [0.25, 0.3) is 0 Å². The maximum absolute atomic E-state index is 3.76. The molecule has 3 rings (SSSR count). The van der Waals surface area contributed by atoms with E-state index < -0.39 is 0 Å². The third kappa shape index (κ3) is 2.84. The van der Waals surface area contributed by atoms with Crippen molar-refractivity contribution >= 4 is 11.3 Å². The summed E-state index contributed by atoms with van der Waals surface area (Å²) < 4.78 is 0. The van der Waals surface area contributed by atoms with Gasteiger partial charge in [0.15, 0.2) is 0 Å². The monoisotopic (exact) mass is 236 g/mol. The van der Waals surface area contributed by atoms with Gasteiger partial charge in [0.1, 0.15) is 0 Å². The van der Waals surface area contributed by atoms with E-state index in [-0.39, 0.29) is 0 Å². The van der Waals surface area contributed by atoms with Crippen molar-refractivity contribution in [1.82, 2.24) is 10.2 Å². The summed E-state index contributed by atoms with van der Waals surface area (Å²) in [6.07, 6.45) is 5.53. The van der Waals surface area contributed by atoms with Crippen molar-refractivity contribution in [3.8, 4) is 0 Å². The van der Waals surface area contributed by atoms with E-state index in [1.54, 1.807) is 0 Å². The van der Waals surface area contributed by atoms with Gasteiger partial charge in [0.05, 0.1) is 0 Å². The lowest BCUT2D eigenvalue weighted by Crippen LogP contribution is -2.45.